The average Bonchev–Trinajstić information content (AvgIpc) is 2.33. The molecular weight excluding hydrogens is 144 g/mol. The van der Waals surface area contributed by atoms with Crippen LogP contribution in [0.3, 0.4) is 0 Å². The van der Waals surface area contributed by atoms with Gasteiger partial charge in [-0.15, -0.1) is 0 Å². The maximum atomic E-state index is 9.04. The van der Waals surface area contributed by atoms with Crippen LogP contribution in [0.25, 0.3) is 0 Å². The summed E-state index contributed by atoms with van der Waals surface area (Å²) in [4.78, 5) is 0. The Morgan fingerprint density at radius 2 is 1.45 bits per heavy atom. The molecule has 1 rings (SSSR count). The van der Waals surface area contributed by atoms with E-state index in [1.54, 1.807) is 26.0 Å². The van der Waals surface area contributed by atoms with Crippen molar-refractivity contribution in [2.75, 3.05) is 0 Å². The molecule has 0 amide bonds. The molecule has 3 heteroatoms. The highest BCUT2D eigenvalue weighted by Crippen LogP contribution is 2.20. The van der Waals surface area contributed by atoms with Crippen LogP contribution < -0.4 is 0 Å². The average molecular weight is 156 g/mol. The van der Waals surface area contributed by atoms with Crippen LogP contribution in [0.2, 0.25) is 0 Å². The number of rotatable bonds is 2. The molecule has 2 unspecified atom stereocenters. The molecule has 0 aliphatic rings. The normalized spacial score (nSPS) is 16.4. The molecule has 0 saturated heterocycles. The molecule has 0 fully saturated rings. The van der Waals surface area contributed by atoms with Crippen LogP contribution in [0, 0.1) is 0 Å². The van der Waals surface area contributed by atoms with Crippen molar-refractivity contribution in [2.24, 2.45) is 0 Å². The van der Waals surface area contributed by atoms with E-state index >= 15 is 0 Å². The summed E-state index contributed by atoms with van der Waals surface area (Å²) in [7, 11) is 0. The van der Waals surface area contributed by atoms with Crippen LogP contribution in [0.15, 0.2) is 16.5 Å². The quantitative estimate of drug-likeness (QED) is 0.680. The van der Waals surface area contributed by atoms with Crippen molar-refractivity contribution in [1.29, 1.82) is 0 Å². The van der Waals surface area contributed by atoms with E-state index in [2.05, 4.69) is 0 Å². The third-order valence-electron chi connectivity index (χ3n) is 1.47. The van der Waals surface area contributed by atoms with Gasteiger partial charge in [0.1, 0.15) is 23.7 Å². The molecule has 1 aromatic heterocycles. The van der Waals surface area contributed by atoms with Crippen molar-refractivity contribution in [3.05, 3.63) is 23.7 Å². The van der Waals surface area contributed by atoms with Gasteiger partial charge in [0.15, 0.2) is 0 Å². The molecule has 0 spiro atoms. The molecule has 0 aromatic carbocycles. The molecule has 0 radical (unpaired) electrons. The smallest absolute Gasteiger partial charge is 0.132 e. The van der Waals surface area contributed by atoms with Gasteiger partial charge >= 0.3 is 0 Å². The standard InChI is InChI=1S/C8H12O3/c1-5(9)7-3-4-8(11-7)6(2)10/h3-6,9-10H,1-2H3. The van der Waals surface area contributed by atoms with Crippen LogP contribution in [-0.4, -0.2) is 10.2 Å². The number of hydrogen-bond acceptors (Lipinski definition) is 3. The summed E-state index contributed by atoms with van der Waals surface area (Å²) in [5.41, 5.74) is 0. The highest BCUT2D eigenvalue weighted by molar-refractivity contribution is 5.10. The minimum Gasteiger partial charge on any atom is -0.461 e. The van der Waals surface area contributed by atoms with Crippen molar-refractivity contribution < 1.29 is 14.6 Å². The van der Waals surface area contributed by atoms with Gasteiger partial charge in [-0.1, -0.05) is 0 Å². The monoisotopic (exact) mass is 156 g/mol. The molecule has 0 saturated carbocycles. The Morgan fingerprint density at radius 3 is 1.64 bits per heavy atom. The van der Waals surface area contributed by atoms with Crippen LogP contribution in [0.4, 0.5) is 0 Å². The van der Waals surface area contributed by atoms with E-state index in [4.69, 9.17) is 14.6 Å². The lowest BCUT2D eigenvalue weighted by Gasteiger charge is -2.00. The first-order valence-corrected chi connectivity index (χ1v) is 3.57. The Morgan fingerprint density at radius 1 is 1.09 bits per heavy atom. The second-order valence-electron chi connectivity index (χ2n) is 2.59. The molecule has 0 aliphatic heterocycles. The third-order valence-corrected chi connectivity index (χ3v) is 1.47. The Balaban J connectivity index is 2.82. The van der Waals surface area contributed by atoms with E-state index < -0.39 is 12.2 Å². The topological polar surface area (TPSA) is 53.6 Å². The summed E-state index contributed by atoms with van der Waals surface area (Å²) < 4.78 is 5.11. The maximum absolute atomic E-state index is 9.04. The fourth-order valence-corrected chi connectivity index (χ4v) is 0.817. The number of aliphatic hydroxyl groups is 2. The molecule has 1 heterocycles. The molecule has 62 valence electrons. The van der Waals surface area contributed by atoms with Gasteiger partial charge in [0, 0.05) is 0 Å². The number of hydrogen-bond donors (Lipinski definition) is 2. The number of furan rings is 1. The Bertz CT molecular complexity index is 202. The number of aliphatic hydroxyl groups excluding tert-OH is 2. The lowest BCUT2D eigenvalue weighted by Crippen LogP contribution is -1.88. The molecule has 0 aliphatic carbocycles. The van der Waals surface area contributed by atoms with Crippen LogP contribution in [0.1, 0.15) is 37.6 Å². The Hall–Kier alpha value is -0.800. The van der Waals surface area contributed by atoms with Crippen molar-refractivity contribution >= 4 is 0 Å². The van der Waals surface area contributed by atoms with Crippen molar-refractivity contribution in [1.82, 2.24) is 0 Å². The van der Waals surface area contributed by atoms with Crippen molar-refractivity contribution in [2.45, 2.75) is 26.1 Å². The lowest BCUT2D eigenvalue weighted by atomic mass is 10.3. The van der Waals surface area contributed by atoms with Crippen LogP contribution in [0.5, 0.6) is 0 Å². The lowest BCUT2D eigenvalue weighted by molar-refractivity contribution is 0.140. The van der Waals surface area contributed by atoms with E-state index in [0.29, 0.717) is 11.5 Å². The molecular formula is C8H12O3. The van der Waals surface area contributed by atoms with Gasteiger partial charge in [-0.2, -0.15) is 0 Å². The highest BCUT2D eigenvalue weighted by atomic mass is 16.4. The van der Waals surface area contributed by atoms with Gasteiger partial charge in [-0.3, -0.25) is 0 Å². The molecule has 0 bridgehead atoms. The minimum absolute atomic E-state index is 0.487. The fraction of sp³-hybridized carbons (Fsp3) is 0.500. The Kier molecular flexibility index (Phi) is 2.31. The van der Waals surface area contributed by atoms with Gasteiger partial charge in [-0.25, -0.2) is 0 Å². The molecule has 1 aromatic rings. The van der Waals surface area contributed by atoms with Gasteiger partial charge in [0.2, 0.25) is 0 Å². The van der Waals surface area contributed by atoms with E-state index in [-0.39, 0.29) is 0 Å². The van der Waals surface area contributed by atoms with Gasteiger partial charge in [0.05, 0.1) is 0 Å². The van der Waals surface area contributed by atoms with Crippen molar-refractivity contribution in [3.8, 4) is 0 Å². The zero-order valence-corrected chi connectivity index (χ0v) is 6.61. The first-order chi connectivity index (χ1) is 5.11. The third kappa shape index (κ3) is 1.82. The summed E-state index contributed by atoms with van der Waals surface area (Å²) in [5, 5.41) is 18.1. The van der Waals surface area contributed by atoms with E-state index in [1.165, 1.54) is 0 Å². The van der Waals surface area contributed by atoms with Gasteiger partial charge in [0.25, 0.3) is 0 Å². The molecule has 3 nitrogen and oxygen atoms in total. The van der Waals surface area contributed by atoms with Gasteiger partial charge in [-0.05, 0) is 26.0 Å². The van der Waals surface area contributed by atoms with E-state index in [1.807, 2.05) is 0 Å². The van der Waals surface area contributed by atoms with Gasteiger partial charge < -0.3 is 14.6 Å². The largest absolute Gasteiger partial charge is 0.461 e. The van der Waals surface area contributed by atoms with Crippen LogP contribution >= 0.6 is 0 Å². The maximum Gasteiger partial charge on any atom is 0.132 e. The second-order valence-corrected chi connectivity index (χ2v) is 2.59. The van der Waals surface area contributed by atoms with Crippen LogP contribution in [-0.2, 0) is 0 Å². The highest BCUT2D eigenvalue weighted by Gasteiger charge is 2.09. The summed E-state index contributed by atoms with van der Waals surface area (Å²) in [6.45, 7) is 3.23. The SMILES string of the molecule is CC(O)c1ccc(C(C)O)o1. The second kappa shape index (κ2) is 3.07. The summed E-state index contributed by atoms with van der Waals surface area (Å²) in [5.74, 6) is 0.974. The van der Waals surface area contributed by atoms with Crippen molar-refractivity contribution in [3.63, 3.8) is 0 Å². The Labute approximate surface area is 65.3 Å². The van der Waals surface area contributed by atoms with E-state index in [0.717, 1.165) is 0 Å². The molecule has 11 heavy (non-hydrogen) atoms. The predicted octanol–water partition coefficient (Wildman–Crippen LogP) is 1.39. The zero-order valence-electron chi connectivity index (χ0n) is 6.61. The fourth-order valence-electron chi connectivity index (χ4n) is 0.817. The minimum atomic E-state index is -0.609. The summed E-state index contributed by atoms with van der Waals surface area (Å²) in [6.07, 6.45) is -1.22. The predicted molar refractivity (Wildman–Crippen MR) is 40.0 cm³/mol. The molecule has 2 atom stereocenters. The first kappa shape index (κ1) is 8.30. The zero-order chi connectivity index (χ0) is 8.43. The summed E-state index contributed by atoms with van der Waals surface area (Å²) in [6, 6.07) is 3.32. The first-order valence-electron chi connectivity index (χ1n) is 3.57. The van der Waals surface area contributed by atoms with E-state index in [9.17, 15) is 0 Å². The summed E-state index contributed by atoms with van der Waals surface area (Å²) >= 11 is 0. The molecule has 2 N–H and O–H groups in total.